The number of carbonyl (C=O) groups is 5. The van der Waals surface area contributed by atoms with Gasteiger partial charge in [0.2, 0.25) is 17.7 Å². The second kappa shape index (κ2) is 24.1. The molecule has 0 aliphatic rings. The van der Waals surface area contributed by atoms with Crippen molar-refractivity contribution in [2.75, 3.05) is 6.54 Å². The van der Waals surface area contributed by atoms with Crippen molar-refractivity contribution in [2.24, 2.45) is 23.5 Å². The van der Waals surface area contributed by atoms with Crippen LogP contribution >= 0.6 is 0 Å². The van der Waals surface area contributed by atoms with Crippen molar-refractivity contribution >= 4 is 29.9 Å². The zero-order valence-corrected chi connectivity index (χ0v) is 37.5. The quantitative estimate of drug-likeness (QED) is 0.0835. The zero-order chi connectivity index (χ0) is 45.3. The van der Waals surface area contributed by atoms with Crippen LogP contribution in [-0.2, 0) is 43.4 Å². The van der Waals surface area contributed by atoms with Crippen molar-refractivity contribution in [1.29, 1.82) is 0 Å². The molecule has 0 saturated carbocycles. The molecule has 5 N–H and O–H groups in total. The first-order valence-electron chi connectivity index (χ1n) is 21.4. The minimum absolute atomic E-state index is 0.0497. The van der Waals surface area contributed by atoms with E-state index in [-0.39, 0.29) is 44.4 Å². The smallest absolute Gasteiger partial charge is 0.410 e. The van der Waals surface area contributed by atoms with Crippen molar-refractivity contribution in [1.82, 2.24) is 20.4 Å². The van der Waals surface area contributed by atoms with Gasteiger partial charge in [-0.15, -0.1) is 0 Å². The Hall–Kier alpha value is -5.43. The molecule has 0 fully saturated rings. The molecule has 3 unspecified atom stereocenters. The lowest BCUT2D eigenvalue weighted by Gasteiger charge is -2.43. The summed E-state index contributed by atoms with van der Waals surface area (Å²) in [4.78, 5) is 72.1. The molecule has 5 amide bonds. The summed E-state index contributed by atoms with van der Waals surface area (Å²) in [5, 5.41) is 17.9. The molecular formula is C48H69N5O8. The number of hydrogen-bond donors (Lipinski definition) is 4. The highest BCUT2D eigenvalue weighted by Gasteiger charge is 2.43. The number of primary amides is 1. The van der Waals surface area contributed by atoms with Crippen LogP contribution in [-0.4, -0.2) is 87.2 Å². The Morgan fingerprint density at radius 1 is 0.738 bits per heavy atom. The molecule has 61 heavy (non-hydrogen) atoms. The van der Waals surface area contributed by atoms with Gasteiger partial charge in [-0.3, -0.25) is 14.4 Å². The second-order valence-electron chi connectivity index (χ2n) is 18.0. The first-order chi connectivity index (χ1) is 28.7. The van der Waals surface area contributed by atoms with Crippen LogP contribution < -0.4 is 16.4 Å². The highest BCUT2D eigenvalue weighted by Crippen LogP contribution is 2.26. The normalized spacial score (nSPS) is 14.0. The molecule has 0 aliphatic carbocycles. The maximum Gasteiger partial charge on any atom is 0.410 e. The Bertz CT molecular complexity index is 1820. The number of aliphatic hydroxyl groups excluding tert-OH is 1. The van der Waals surface area contributed by atoms with Crippen LogP contribution in [0.3, 0.4) is 0 Å². The van der Waals surface area contributed by atoms with Gasteiger partial charge in [-0.1, -0.05) is 133 Å². The van der Waals surface area contributed by atoms with E-state index in [0.717, 1.165) is 16.7 Å². The van der Waals surface area contributed by atoms with Gasteiger partial charge in [0, 0.05) is 25.6 Å². The van der Waals surface area contributed by atoms with Gasteiger partial charge in [0.05, 0.1) is 18.6 Å². The Morgan fingerprint density at radius 3 is 1.75 bits per heavy atom. The molecule has 13 nitrogen and oxygen atoms in total. The number of nitrogens with zero attached hydrogens (tertiary/aromatic N) is 2. The van der Waals surface area contributed by atoms with E-state index in [2.05, 4.69) is 10.6 Å². The van der Waals surface area contributed by atoms with E-state index in [1.807, 2.05) is 119 Å². The predicted molar refractivity (Wildman–Crippen MR) is 237 cm³/mol. The molecule has 0 spiro atoms. The first kappa shape index (κ1) is 49.9. The SMILES string of the molecule is CC(C)CC(CN(Cc1ccccc1)C(=O)OCc1ccccc1)NC(=O)CC(O)C(CC(C)C)N(C(=O)[C@H](Cc1ccccc1)NC(=O)OC(C)(C)C)[C@H](C(N)=O)C(C)C. The number of alkyl carbamates (subject to hydrolysis) is 1. The van der Waals surface area contributed by atoms with Gasteiger partial charge in [0.1, 0.15) is 24.3 Å². The maximum absolute atomic E-state index is 15.0. The summed E-state index contributed by atoms with van der Waals surface area (Å²) in [7, 11) is 0. The van der Waals surface area contributed by atoms with Crippen molar-refractivity contribution in [3.8, 4) is 0 Å². The molecule has 0 saturated heterocycles. The molecule has 13 heteroatoms. The van der Waals surface area contributed by atoms with Crippen molar-refractivity contribution < 1.29 is 38.6 Å². The Morgan fingerprint density at radius 2 is 1.26 bits per heavy atom. The number of carbonyl (C=O) groups excluding carboxylic acids is 5. The zero-order valence-electron chi connectivity index (χ0n) is 37.5. The van der Waals surface area contributed by atoms with E-state index in [0.29, 0.717) is 6.42 Å². The van der Waals surface area contributed by atoms with E-state index in [1.54, 1.807) is 39.5 Å². The molecule has 0 aromatic heterocycles. The Labute approximate surface area is 362 Å². The number of amides is 5. The van der Waals surface area contributed by atoms with E-state index < -0.39 is 78.1 Å². The lowest BCUT2D eigenvalue weighted by molar-refractivity contribution is -0.150. The second-order valence-corrected chi connectivity index (χ2v) is 18.0. The average molecular weight is 844 g/mol. The summed E-state index contributed by atoms with van der Waals surface area (Å²) in [6.07, 6.45) is -2.50. The lowest BCUT2D eigenvalue weighted by Crippen LogP contribution is -2.63. The number of nitrogens with one attached hydrogen (secondary N) is 2. The van der Waals surface area contributed by atoms with Gasteiger partial charge >= 0.3 is 12.2 Å². The van der Waals surface area contributed by atoms with Crippen LogP contribution in [0.25, 0.3) is 0 Å². The van der Waals surface area contributed by atoms with E-state index in [4.69, 9.17) is 15.2 Å². The summed E-state index contributed by atoms with van der Waals surface area (Å²) in [5.41, 5.74) is 7.62. The summed E-state index contributed by atoms with van der Waals surface area (Å²) >= 11 is 0. The van der Waals surface area contributed by atoms with Gasteiger partial charge in [-0.05, 0) is 68.1 Å². The van der Waals surface area contributed by atoms with Crippen LogP contribution in [0.1, 0.15) is 98.3 Å². The third kappa shape index (κ3) is 17.6. The van der Waals surface area contributed by atoms with Gasteiger partial charge in [-0.2, -0.15) is 0 Å². The summed E-state index contributed by atoms with van der Waals surface area (Å²) in [6.45, 7) is 16.9. The molecule has 3 aromatic carbocycles. The first-order valence-corrected chi connectivity index (χ1v) is 21.4. The number of aliphatic hydroxyl groups is 1. The van der Waals surface area contributed by atoms with E-state index >= 15 is 0 Å². The van der Waals surface area contributed by atoms with Crippen LogP contribution in [0.2, 0.25) is 0 Å². The minimum atomic E-state index is -1.46. The number of benzene rings is 3. The molecule has 3 rings (SSSR count). The third-order valence-corrected chi connectivity index (χ3v) is 9.90. The lowest BCUT2D eigenvalue weighted by atomic mass is 9.90. The molecule has 0 aliphatic heterocycles. The topological polar surface area (TPSA) is 181 Å². The molecular weight excluding hydrogens is 775 g/mol. The monoisotopic (exact) mass is 844 g/mol. The molecule has 334 valence electrons. The highest BCUT2D eigenvalue weighted by atomic mass is 16.6. The summed E-state index contributed by atoms with van der Waals surface area (Å²) in [5.74, 6) is -2.43. The molecule has 5 atom stereocenters. The predicted octanol–water partition coefficient (Wildman–Crippen LogP) is 7.00. The Kier molecular flexibility index (Phi) is 19.7. The minimum Gasteiger partial charge on any atom is -0.445 e. The largest absolute Gasteiger partial charge is 0.445 e. The van der Waals surface area contributed by atoms with Crippen LogP contribution in [0.15, 0.2) is 91.0 Å². The summed E-state index contributed by atoms with van der Waals surface area (Å²) in [6, 6.07) is 23.9. The molecule has 0 bridgehead atoms. The van der Waals surface area contributed by atoms with Crippen LogP contribution in [0, 0.1) is 17.8 Å². The molecule has 0 heterocycles. The number of hydrogen-bond acceptors (Lipinski definition) is 8. The van der Waals surface area contributed by atoms with Gasteiger partial charge in [-0.25, -0.2) is 9.59 Å². The fourth-order valence-electron chi connectivity index (χ4n) is 7.36. The molecule has 3 aromatic rings. The van der Waals surface area contributed by atoms with Gasteiger partial charge < -0.3 is 40.7 Å². The van der Waals surface area contributed by atoms with Crippen LogP contribution in [0.5, 0.6) is 0 Å². The van der Waals surface area contributed by atoms with E-state index in [9.17, 15) is 29.1 Å². The fraction of sp³-hybridized carbons (Fsp3) is 0.521. The number of rotatable bonds is 22. The van der Waals surface area contributed by atoms with Crippen LogP contribution in [0.4, 0.5) is 9.59 Å². The standard InChI is InChI=1S/C48H69N5O8/c1-32(2)25-38(30-52(29-36-21-15-11-16-22-36)47(59)60-31-37-23-17-12-18-24-37)50-42(55)28-41(54)40(26-33(3)4)53(43(34(5)6)44(49)56)45(57)39(27-35-19-13-10-14-20-35)51-46(58)61-48(7,8)9/h10-24,32-34,38-41,43,54H,25-31H2,1-9H3,(H2,49,56)(H,50,55)(H,51,58)/t38?,39-,40?,41?,43-/m0/s1. The van der Waals surface area contributed by atoms with Crippen molar-refractivity contribution in [3.63, 3.8) is 0 Å². The summed E-state index contributed by atoms with van der Waals surface area (Å²) < 4.78 is 11.3. The Balaban J connectivity index is 1.97. The third-order valence-electron chi connectivity index (χ3n) is 9.90. The maximum atomic E-state index is 15.0. The highest BCUT2D eigenvalue weighted by molar-refractivity contribution is 5.91. The number of nitrogens with two attached hydrogens (primary N) is 1. The van der Waals surface area contributed by atoms with Crippen molar-refractivity contribution in [2.45, 2.75) is 137 Å². The van der Waals surface area contributed by atoms with Gasteiger partial charge in [0.25, 0.3) is 0 Å². The molecule has 0 radical (unpaired) electrons. The average Bonchev–Trinajstić information content (AvgIpc) is 3.17. The van der Waals surface area contributed by atoms with E-state index in [1.165, 1.54) is 4.90 Å². The van der Waals surface area contributed by atoms with Crippen molar-refractivity contribution in [3.05, 3.63) is 108 Å². The number of ether oxygens (including phenoxy) is 2. The fourth-order valence-corrected chi connectivity index (χ4v) is 7.36. The van der Waals surface area contributed by atoms with Gasteiger partial charge in [0.15, 0.2) is 0 Å².